The van der Waals surface area contributed by atoms with E-state index in [1.165, 1.54) is 6.33 Å². The predicted molar refractivity (Wildman–Crippen MR) is 79.7 cm³/mol. The van der Waals surface area contributed by atoms with Crippen molar-refractivity contribution in [1.82, 2.24) is 14.7 Å². The van der Waals surface area contributed by atoms with Crippen molar-refractivity contribution < 1.29 is 8.42 Å². The molecule has 0 aliphatic heterocycles. The van der Waals surface area contributed by atoms with E-state index in [1.54, 1.807) is 31.3 Å². The number of aromatic amines is 1. The van der Waals surface area contributed by atoms with Gasteiger partial charge in [-0.25, -0.2) is 18.1 Å². The quantitative estimate of drug-likeness (QED) is 0.716. The lowest BCUT2D eigenvalue weighted by Crippen LogP contribution is -2.24. The van der Waals surface area contributed by atoms with Crippen molar-refractivity contribution >= 4 is 10.0 Å². The Balaban J connectivity index is 2.26. The molecule has 1 heterocycles. The minimum absolute atomic E-state index is 0.153. The fourth-order valence-corrected chi connectivity index (χ4v) is 3.03. The number of nitrogens with zero attached hydrogens (tertiary/aromatic N) is 1. The lowest BCUT2D eigenvalue weighted by molar-refractivity contribution is 0.580. The molecule has 2 aromatic rings. The Kier molecular flexibility index (Phi) is 4.75. The molecule has 0 aliphatic rings. The predicted octanol–water partition coefficient (Wildman–Crippen LogP) is 0.507. The fourth-order valence-electron chi connectivity index (χ4n) is 1.75. The standard InChI is InChI=1S/C14H16N4O2S/c1-11-4-5-12(3-2-6-15)7-14(11)21(19,20)18-9-13-8-16-10-17-13/h4-5,7-8,10,18H,6,9,15H2,1H3,(H,16,17). The number of aromatic nitrogens is 2. The van der Waals surface area contributed by atoms with Crippen LogP contribution < -0.4 is 10.5 Å². The second kappa shape index (κ2) is 6.54. The van der Waals surface area contributed by atoms with Gasteiger partial charge in [0.15, 0.2) is 0 Å². The largest absolute Gasteiger partial charge is 0.347 e. The number of hydrogen-bond donors (Lipinski definition) is 3. The highest BCUT2D eigenvalue weighted by Crippen LogP contribution is 2.17. The zero-order valence-electron chi connectivity index (χ0n) is 11.6. The second-order valence-electron chi connectivity index (χ2n) is 4.39. The Morgan fingerprint density at radius 1 is 1.43 bits per heavy atom. The zero-order chi connectivity index (χ0) is 15.3. The maximum atomic E-state index is 12.4. The van der Waals surface area contributed by atoms with Crippen LogP contribution in [0.1, 0.15) is 16.8 Å². The van der Waals surface area contributed by atoms with Crippen LogP contribution in [0.25, 0.3) is 0 Å². The smallest absolute Gasteiger partial charge is 0.241 e. The van der Waals surface area contributed by atoms with E-state index >= 15 is 0 Å². The molecule has 0 saturated carbocycles. The molecule has 7 heteroatoms. The molecular formula is C14H16N4O2S. The van der Waals surface area contributed by atoms with Crippen molar-refractivity contribution in [1.29, 1.82) is 0 Å². The number of sulfonamides is 1. The minimum Gasteiger partial charge on any atom is -0.347 e. The van der Waals surface area contributed by atoms with Gasteiger partial charge in [0, 0.05) is 17.5 Å². The molecule has 0 fully saturated rings. The van der Waals surface area contributed by atoms with E-state index in [0.29, 0.717) is 16.8 Å². The Hall–Kier alpha value is -2.14. The summed E-state index contributed by atoms with van der Waals surface area (Å²) in [6, 6.07) is 5.05. The molecule has 0 atom stereocenters. The van der Waals surface area contributed by atoms with Gasteiger partial charge < -0.3 is 10.7 Å². The molecule has 0 saturated heterocycles. The molecule has 1 aromatic heterocycles. The lowest BCUT2D eigenvalue weighted by atomic mass is 10.1. The first-order valence-electron chi connectivity index (χ1n) is 6.29. The van der Waals surface area contributed by atoms with E-state index < -0.39 is 10.0 Å². The van der Waals surface area contributed by atoms with E-state index in [2.05, 4.69) is 26.5 Å². The molecule has 0 spiro atoms. The van der Waals surface area contributed by atoms with Crippen LogP contribution >= 0.6 is 0 Å². The molecule has 1 aromatic carbocycles. The highest BCUT2D eigenvalue weighted by atomic mass is 32.2. The maximum absolute atomic E-state index is 12.4. The summed E-state index contributed by atoms with van der Waals surface area (Å²) in [5, 5.41) is 0. The van der Waals surface area contributed by atoms with Crippen LogP contribution in [0.15, 0.2) is 35.6 Å². The molecule has 110 valence electrons. The number of H-pyrrole nitrogens is 1. The van der Waals surface area contributed by atoms with Crippen molar-refractivity contribution in [3.63, 3.8) is 0 Å². The summed E-state index contributed by atoms with van der Waals surface area (Å²) in [6.45, 7) is 2.12. The molecule has 21 heavy (non-hydrogen) atoms. The number of hydrogen-bond acceptors (Lipinski definition) is 4. The first-order valence-corrected chi connectivity index (χ1v) is 7.78. The van der Waals surface area contributed by atoms with E-state index in [4.69, 9.17) is 5.73 Å². The summed E-state index contributed by atoms with van der Waals surface area (Å²) in [7, 11) is -3.61. The maximum Gasteiger partial charge on any atom is 0.241 e. The molecular weight excluding hydrogens is 288 g/mol. The monoisotopic (exact) mass is 304 g/mol. The number of benzene rings is 1. The van der Waals surface area contributed by atoms with Crippen molar-refractivity contribution in [2.75, 3.05) is 6.54 Å². The van der Waals surface area contributed by atoms with Crippen molar-refractivity contribution in [3.8, 4) is 11.8 Å². The summed E-state index contributed by atoms with van der Waals surface area (Å²) in [5.74, 6) is 5.54. The van der Waals surface area contributed by atoms with Crippen molar-refractivity contribution in [2.24, 2.45) is 5.73 Å². The van der Waals surface area contributed by atoms with Gasteiger partial charge in [0.2, 0.25) is 10.0 Å². The van der Waals surface area contributed by atoms with Gasteiger partial charge >= 0.3 is 0 Å². The zero-order valence-corrected chi connectivity index (χ0v) is 12.4. The van der Waals surface area contributed by atoms with E-state index in [1.807, 2.05) is 0 Å². The number of rotatable bonds is 4. The Morgan fingerprint density at radius 3 is 2.90 bits per heavy atom. The number of nitrogens with one attached hydrogen (secondary N) is 2. The van der Waals surface area contributed by atoms with Gasteiger partial charge in [-0.2, -0.15) is 0 Å². The summed E-state index contributed by atoms with van der Waals surface area (Å²) in [5.41, 5.74) is 7.28. The molecule has 4 N–H and O–H groups in total. The highest BCUT2D eigenvalue weighted by Gasteiger charge is 2.17. The van der Waals surface area contributed by atoms with Gasteiger partial charge in [-0.3, -0.25) is 0 Å². The average molecular weight is 304 g/mol. The Labute approximate surface area is 123 Å². The highest BCUT2D eigenvalue weighted by molar-refractivity contribution is 7.89. The molecule has 0 radical (unpaired) electrons. The summed E-state index contributed by atoms with van der Waals surface area (Å²) in [4.78, 5) is 6.90. The number of aryl methyl sites for hydroxylation is 1. The SMILES string of the molecule is Cc1ccc(C#CCN)cc1S(=O)(=O)NCc1cnc[nH]1. The third-order valence-corrected chi connectivity index (χ3v) is 4.36. The molecule has 0 bridgehead atoms. The van der Waals surface area contributed by atoms with Crippen LogP contribution in [-0.4, -0.2) is 24.9 Å². The number of imidazole rings is 1. The lowest BCUT2D eigenvalue weighted by Gasteiger charge is -2.09. The van der Waals surface area contributed by atoms with Crippen LogP contribution in [0.3, 0.4) is 0 Å². The molecule has 6 nitrogen and oxygen atoms in total. The minimum atomic E-state index is -3.61. The summed E-state index contributed by atoms with van der Waals surface area (Å²) < 4.78 is 27.2. The van der Waals surface area contributed by atoms with E-state index in [9.17, 15) is 8.42 Å². The van der Waals surface area contributed by atoms with Gasteiger partial charge in [-0.15, -0.1) is 0 Å². The van der Waals surface area contributed by atoms with Crippen molar-refractivity contribution in [3.05, 3.63) is 47.5 Å². The van der Waals surface area contributed by atoms with Gasteiger partial charge in [-0.1, -0.05) is 17.9 Å². The van der Waals surface area contributed by atoms with Crippen LogP contribution in [0.4, 0.5) is 0 Å². The molecule has 0 unspecified atom stereocenters. The topological polar surface area (TPSA) is 101 Å². The second-order valence-corrected chi connectivity index (χ2v) is 6.12. The third kappa shape index (κ3) is 3.92. The van der Waals surface area contributed by atoms with Crippen LogP contribution in [0.2, 0.25) is 0 Å². The normalized spacial score (nSPS) is 11.0. The van der Waals surface area contributed by atoms with Gasteiger partial charge in [-0.05, 0) is 24.6 Å². The van der Waals surface area contributed by atoms with Crippen LogP contribution in [0.5, 0.6) is 0 Å². The molecule has 2 rings (SSSR count). The first kappa shape index (κ1) is 15.3. The Bertz CT molecular complexity index is 771. The summed E-state index contributed by atoms with van der Waals surface area (Å²) >= 11 is 0. The van der Waals surface area contributed by atoms with Gasteiger partial charge in [0.1, 0.15) is 0 Å². The summed E-state index contributed by atoms with van der Waals surface area (Å²) in [6.07, 6.45) is 3.07. The van der Waals surface area contributed by atoms with Gasteiger partial charge in [0.05, 0.1) is 24.3 Å². The molecule has 0 aliphatic carbocycles. The molecule has 0 amide bonds. The Morgan fingerprint density at radius 2 is 2.24 bits per heavy atom. The average Bonchev–Trinajstić information content (AvgIpc) is 2.97. The van der Waals surface area contributed by atoms with E-state index in [-0.39, 0.29) is 18.0 Å². The fraction of sp³-hybridized carbons (Fsp3) is 0.214. The van der Waals surface area contributed by atoms with Crippen molar-refractivity contribution in [2.45, 2.75) is 18.4 Å². The van der Waals surface area contributed by atoms with Gasteiger partial charge in [0.25, 0.3) is 0 Å². The van der Waals surface area contributed by atoms with Crippen LogP contribution in [-0.2, 0) is 16.6 Å². The van der Waals surface area contributed by atoms with E-state index in [0.717, 1.165) is 0 Å². The third-order valence-electron chi connectivity index (χ3n) is 2.82. The van der Waals surface area contributed by atoms with Crippen LogP contribution in [0, 0.1) is 18.8 Å². The first-order chi connectivity index (χ1) is 10.0. The number of nitrogens with two attached hydrogens (primary N) is 1.